The first kappa shape index (κ1) is 23.1. The lowest BCUT2D eigenvalue weighted by Gasteiger charge is -2.36. The number of benzene rings is 1. The SMILES string of the molecule is O=C(NC1CC(=O)N(CCCN2CCN(c3cccc(Cl)c3)CC2)C1=O)C1CCCCC1. The summed E-state index contributed by atoms with van der Waals surface area (Å²) < 4.78 is 0. The van der Waals surface area contributed by atoms with Crippen LogP contribution in [0.2, 0.25) is 5.02 Å². The van der Waals surface area contributed by atoms with E-state index in [0.29, 0.717) is 6.54 Å². The Bertz CT molecular complexity index is 834. The van der Waals surface area contributed by atoms with E-state index in [1.807, 2.05) is 18.2 Å². The number of nitrogens with one attached hydrogen (secondary N) is 1. The molecule has 3 aliphatic rings. The van der Waals surface area contributed by atoms with Crippen molar-refractivity contribution in [1.82, 2.24) is 15.1 Å². The number of nitrogens with zero attached hydrogens (tertiary/aromatic N) is 3. The number of halogens is 1. The van der Waals surface area contributed by atoms with Crippen molar-refractivity contribution in [3.8, 4) is 0 Å². The molecule has 2 aliphatic heterocycles. The van der Waals surface area contributed by atoms with Gasteiger partial charge in [0.2, 0.25) is 11.8 Å². The van der Waals surface area contributed by atoms with Crippen molar-refractivity contribution in [1.29, 1.82) is 0 Å². The van der Waals surface area contributed by atoms with Gasteiger partial charge in [0.15, 0.2) is 0 Å². The zero-order valence-electron chi connectivity index (χ0n) is 18.6. The van der Waals surface area contributed by atoms with Crippen molar-refractivity contribution in [2.75, 3.05) is 44.2 Å². The molecule has 0 radical (unpaired) electrons. The molecular weight excluding hydrogens is 428 g/mol. The first-order valence-corrected chi connectivity index (χ1v) is 12.3. The second-order valence-electron chi connectivity index (χ2n) is 9.15. The van der Waals surface area contributed by atoms with E-state index in [4.69, 9.17) is 11.6 Å². The van der Waals surface area contributed by atoms with Gasteiger partial charge in [0.25, 0.3) is 5.91 Å². The van der Waals surface area contributed by atoms with Crippen LogP contribution in [0.3, 0.4) is 0 Å². The molecule has 1 atom stereocenters. The lowest BCUT2D eigenvalue weighted by atomic mass is 9.88. The number of hydrogen-bond donors (Lipinski definition) is 1. The lowest BCUT2D eigenvalue weighted by molar-refractivity contribution is -0.140. The Morgan fingerprint density at radius 3 is 2.50 bits per heavy atom. The number of likely N-dealkylation sites (tertiary alicyclic amines) is 1. The predicted molar refractivity (Wildman–Crippen MR) is 125 cm³/mol. The minimum absolute atomic E-state index is 0.00807. The van der Waals surface area contributed by atoms with Crippen LogP contribution in [0, 0.1) is 5.92 Å². The van der Waals surface area contributed by atoms with Crippen LogP contribution in [0.1, 0.15) is 44.9 Å². The van der Waals surface area contributed by atoms with Crippen molar-refractivity contribution < 1.29 is 14.4 Å². The van der Waals surface area contributed by atoms with Crippen molar-refractivity contribution in [3.63, 3.8) is 0 Å². The van der Waals surface area contributed by atoms with Crippen LogP contribution in [0.25, 0.3) is 0 Å². The van der Waals surface area contributed by atoms with Crippen molar-refractivity contribution in [3.05, 3.63) is 29.3 Å². The molecule has 1 N–H and O–H groups in total. The molecule has 32 heavy (non-hydrogen) atoms. The third-order valence-corrected chi connectivity index (χ3v) is 7.17. The van der Waals surface area contributed by atoms with Gasteiger partial charge in [-0.1, -0.05) is 36.9 Å². The van der Waals surface area contributed by atoms with Gasteiger partial charge >= 0.3 is 0 Å². The summed E-state index contributed by atoms with van der Waals surface area (Å²) in [6.07, 6.45) is 5.91. The minimum atomic E-state index is -0.682. The molecule has 0 aromatic heterocycles. The molecule has 3 amide bonds. The van der Waals surface area contributed by atoms with Gasteiger partial charge in [-0.15, -0.1) is 0 Å². The fourth-order valence-electron chi connectivity index (χ4n) is 5.04. The van der Waals surface area contributed by atoms with E-state index in [1.54, 1.807) is 0 Å². The maximum Gasteiger partial charge on any atom is 0.252 e. The quantitative estimate of drug-likeness (QED) is 0.633. The first-order chi connectivity index (χ1) is 15.5. The van der Waals surface area contributed by atoms with Crippen LogP contribution in [-0.2, 0) is 14.4 Å². The average molecular weight is 461 g/mol. The van der Waals surface area contributed by atoms with Crippen molar-refractivity contribution in [2.24, 2.45) is 5.92 Å². The number of hydrogen-bond acceptors (Lipinski definition) is 5. The molecule has 0 bridgehead atoms. The molecule has 1 aromatic carbocycles. The van der Waals surface area contributed by atoms with E-state index < -0.39 is 6.04 Å². The van der Waals surface area contributed by atoms with Crippen molar-refractivity contribution in [2.45, 2.75) is 51.0 Å². The molecular formula is C24H33ClN4O3. The molecule has 4 rings (SSSR count). The Morgan fingerprint density at radius 2 is 1.78 bits per heavy atom. The predicted octanol–water partition coefficient (Wildman–Crippen LogP) is 2.68. The highest BCUT2D eigenvalue weighted by Crippen LogP contribution is 2.25. The van der Waals surface area contributed by atoms with Crippen molar-refractivity contribution >= 4 is 35.0 Å². The van der Waals surface area contributed by atoms with Crippen LogP contribution in [0.15, 0.2) is 24.3 Å². The monoisotopic (exact) mass is 460 g/mol. The van der Waals surface area contributed by atoms with E-state index in [9.17, 15) is 14.4 Å². The van der Waals surface area contributed by atoms with Crippen LogP contribution >= 0.6 is 11.6 Å². The fraction of sp³-hybridized carbons (Fsp3) is 0.625. The molecule has 174 valence electrons. The molecule has 1 saturated carbocycles. The summed E-state index contributed by atoms with van der Waals surface area (Å²) in [5.41, 5.74) is 1.15. The smallest absolute Gasteiger partial charge is 0.252 e. The summed E-state index contributed by atoms with van der Waals surface area (Å²) in [5, 5.41) is 3.59. The normalized spacial score (nSPS) is 23.1. The van der Waals surface area contributed by atoms with Gasteiger partial charge in [-0.05, 0) is 44.0 Å². The van der Waals surface area contributed by atoms with E-state index in [2.05, 4.69) is 21.2 Å². The highest BCUT2D eigenvalue weighted by Gasteiger charge is 2.40. The maximum absolute atomic E-state index is 12.7. The van der Waals surface area contributed by atoms with E-state index >= 15 is 0 Å². The number of piperazine rings is 1. The molecule has 2 heterocycles. The molecule has 0 spiro atoms. The summed E-state index contributed by atoms with van der Waals surface area (Å²) in [4.78, 5) is 43.6. The largest absolute Gasteiger partial charge is 0.369 e. The highest BCUT2D eigenvalue weighted by molar-refractivity contribution is 6.30. The molecule has 1 aliphatic carbocycles. The zero-order chi connectivity index (χ0) is 22.5. The Kier molecular flexibility index (Phi) is 7.68. The van der Waals surface area contributed by atoms with Crippen LogP contribution in [0.5, 0.6) is 0 Å². The molecule has 1 unspecified atom stereocenters. The summed E-state index contributed by atoms with van der Waals surface area (Å²) in [6, 6.07) is 7.24. The van der Waals surface area contributed by atoms with Crippen LogP contribution in [-0.4, -0.2) is 72.8 Å². The second kappa shape index (κ2) is 10.7. The number of rotatable bonds is 7. The van der Waals surface area contributed by atoms with E-state index in [1.165, 1.54) is 11.3 Å². The van der Waals surface area contributed by atoms with Gasteiger partial charge in [-0.25, -0.2) is 0 Å². The number of carbonyl (C=O) groups excluding carboxylic acids is 3. The Morgan fingerprint density at radius 1 is 1.03 bits per heavy atom. The van der Waals surface area contributed by atoms with E-state index in [0.717, 1.165) is 75.5 Å². The number of amides is 3. The van der Waals surface area contributed by atoms with E-state index in [-0.39, 0.29) is 30.1 Å². The zero-order valence-corrected chi connectivity index (χ0v) is 19.4. The first-order valence-electron chi connectivity index (χ1n) is 11.9. The van der Waals surface area contributed by atoms with Gasteiger partial charge in [0, 0.05) is 49.4 Å². The van der Waals surface area contributed by atoms with Crippen LogP contribution in [0.4, 0.5) is 5.69 Å². The Labute approximate surface area is 195 Å². The molecule has 1 aromatic rings. The standard InChI is InChI=1S/C24H33ClN4O3/c25-19-8-4-9-20(16-19)28-14-12-27(13-15-28)10-5-11-29-22(30)17-21(24(29)32)26-23(31)18-6-2-1-3-7-18/h4,8-9,16,18,21H,1-3,5-7,10-15,17H2,(H,26,31). The molecule has 8 heteroatoms. The molecule has 3 fully saturated rings. The lowest BCUT2D eigenvalue weighted by Crippen LogP contribution is -2.47. The van der Waals surface area contributed by atoms with Crippen LogP contribution < -0.4 is 10.2 Å². The van der Waals surface area contributed by atoms with Gasteiger partial charge < -0.3 is 10.2 Å². The third-order valence-electron chi connectivity index (χ3n) is 6.94. The van der Waals surface area contributed by atoms with Gasteiger partial charge in [0.05, 0.1) is 6.42 Å². The second-order valence-corrected chi connectivity index (χ2v) is 9.58. The number of carbonyl (C=O) groups is 3. The number of imide groups is 1. The summed E-state index contributed by atoms with van der Waals surface area (Å²) in [6.45, 7) is 5.00. The van der Waals surface area contributed by atoms with Gasteiger partial charge in [-0.2, -0.15) is 0 Å². The number of anilines is 1. The van der Waals surface area contributed by atoms with Gasteiger partial charge in [0.1, 0.15) is 6.04 Å². The Balaban J connectivity index is 1.18. The van der Waals surface area contributed by atoms with Gasteiger partial charge in [-0.3, -0.25) is 24.2 Å². The Hall–Kier alpha value is -2.12. The summed E-state index contributed by atoms with van der Waals surface area (Å²) in [7, 11) is 0. The summed E-state index contributed by atoms with van der Waals surface area (Å²) >= 11 is 6.10. The highest BCUT2D eigenvalue weighted by atomic mass is 35.5. The topological polar surface area (TPSA) is 73.0 Å². The maximum atomic E-state index is 12.7. The molecule has 2 saturated heterocycles. The molecule has 7 nitrogen and oxygen atoms in total. The fourth-order valence-corrected chi connectivity index (χ4v) is 5.22. The average Bonchev–Trinajstić information content (AvgIpc) is 3.07. The third kappa shape index (κ3) is 5.62. The summed E-state index contributed by atoms with van der Waals surface area (Å²) in [5.74, 6) is -0.485. The minimum Gasteiger partial charge on any atom is -0.369 e.